The molecule has 0 aliphatic carbocycles. The van der Waals surface area contributed by atoms with Crippen LogP contribution in [0.3, 0.4) is 0 Å². The van der Waals surface area contributed by atoms with Crippen molar-refractivity contribution in [1.29, 1.82) is 0 Å². The fourth-order valence-corrected chi connectivity index (χ4v) is 4.12. The van der Waals surface area contributed by atoms with Crippen molar-refractivity contribution in [2.24, 2.45) is 5.92 Å². The Morgan fingerprint density at radius 2 is 1.73 bits per heavy atom. The summed E-state index contributed by atoms with van der Waals surface area (Å²) in [5, 5.41) is 5.37. The normalized spacial score (nSPS) is 12.5. The van der Waals surface area contributed by atoms with Crippen molar-refractivity contribution in [3.63, 3.8) is 0 Å². The fraction of sp³-hybridized carbons (Fsp3) is 0.400. The third kappa shape index (κ3) is 9.57. The maximum absolute atomic E-state index is 12.8. The lowest BCUT2D eigenvalue weighted by Gasteiger charge is -2.22. The van der Waals surface area contributed by atoms with Gasteiger partial charge in [0.25, 0.3) is 0 Å². The third-order valence-electron chi connectivity index (χ3n) is 4.77. The Hall–Kier alpha value is -3.00. The first kappa shape index (κ1) is 26.3. The van der Waals surface area contributed by atoms with E-state index < -0.39 is 24.1 Å². The number of carbonyl (C=O) groups excluding carboxylic acids is 3. The molecule has 33 heavy (non-hydrogen) atoms. The molecule has 0 fully saturated rings. The van der Waals surface area contributed by atoms with Gasteiger partial charge in [0, 0.05) is 17.1 Å². The van der Waals surface area contributed by atoms with Gasteiger partial charge in [-0.1, -0.05) is 62.4 Å². The quantitative estimate of drug-likeness (QED) is 0.429. The van der Waals surface area contributed by atoms with Crippen molar-refractivity contribution < 1.29 is 23.9 Å². The Labute approximate surface area is 199 Å². The molecule has 0 aromatic heterocycles. The lowest BCUT2D eigenvalue weighted by Crippen LogP contribution is -2.51. The summed E-state index contributed by atoms with van der Waals surface area (Å²) in [6.45, 7) is 4.02. The number of hydrogen-bond donors (Lipinski definition) is 2. The van der Waals surface area contributed by atoms with Crippen LogP contribution in [0.2, 0.25) is 0 Å². The summed E-state index contributed by atoms with van der Waals surface area (Å²) in [7, 11) is 1.62. The number of aldehydes is 1. The first-order chi connectivity index (χ1) is 15.9. The van der Waals surface area contributed by atoms with E-state index in [0.717, 1.165) is 16.9 Å². The van der Waals surface area contributed by atoms with Gasteiger partial charge >= 0.3 is 6.09 Å². The van der Waals surface area contributed by atoms with Gasteiger partial charge in [-0.3, -0.25) is 4.79 Å². The second-order valence-electron chi connectivity index (χ2n) is 7.97. The molecule has 0 radical (unpaired) electrons. The van der Waals surface area contributed by atoms with Crippen LogP contribution in [0.1, 0.15) is 31.4 Å². The molecular weight excluding hydrogens is 440 g/mol. The molecule has 1 unspecified atom stereocenters. The number of methoxy groups -OCH3 is 1. The zero-order valence-corrected chi connectivity index (χ0v) is 20.1. The van der Waals surface area contributed by atoms with Gasteiger partial charge < -0.3 is 24.9 Å². The Morgan fingerprint density at radius 3 is 2.39 bits per heavy atom. The van der Waals surface area contributed by atoms with E-state index in [9.17, 15) is 14.4 Å². The summed E-state index contributed by atoms with van der Waals surface area (Å²) in [5.41, 5.74) is 1.87. The number of ether oxygens (including phenoxy) is 2. The third-order valence-corrected chi connectivity index (χ3v) is 5.88. The van der Waals surface area contributed by atoms with Gasteiger partial charge in [0.05, 0.1) is 13.2 Å². The maximum Gasteiger partial charge on any atom is 0.408 e. The van der Waals surface area contributed by atoms with Crippen molar-refractivity contribution in [1.82, 2.24) is 10.6 Å². The molecule has 2 N–H and O–H groups in total. The first-order valence-corrected chi connectivity index (χ1v) is 12.0. The van der Waals surface area contributed by atoms with Gasteiger partial charge in [0.15, 0.2) is 0 Å². The lowest BCUT2D eigenvalue weighted by molar-refractivity contribution is -0.125. The predicted octanol–water partition coefficient (Wildman–Crippen LogP) is 3.95. The number of nitrogens with one attached hydrogen (secondary N) is 2. The summed E-state index contributed by atoms with van der Waals surface area (Å²) in [6, 6.07) is 15.5. The molecule has 8 heteroatoms. The van der Waals surface area contributed by atoms with Crippen molar-refractivity contribution in [2.75, 3.05) is 12.9 Å². The molecule has 2 amide bonds. The summed E-state index contributed by atoms with van der Waals surface area (Å²) in [4.78, 5) is 36.6. The molecule has 2 aromatic rings. The van der Waals surface area contributed by atoms with Crippen LogP contribution in [-0.2, 0) is 26.7 Å². The highest BCUT2D eigenvalue weighted by Crippen LogP contribution is 2.23. The van der Waals surface area contributed by atoms with Crippen LogP contribution in [-0.4, -0.2) is 43.2 Å². The van der Waals surface area contributed by atoms with Crippen LogP contribution in [0.4, 0.5) is 4.79 Å². The van der Waals surface area contributed by atoms with Crippen molar-refractivity contribution in [3.8, 4) is 5.75 Å². The number of amides is 2. The number of para-hydroxylation sites is 1. The Balaban J connectivity index is 1.87. The number of carbonyl (C=O) groups is 3. The molecule has 0 saturated carbocycles. The van der Waals surface area contributed by atoms with E-state index in [4.69, 9.17) is 9.47 Å². The average molecular weight is 473 g/mol. The number of hydrogen-bond acceptors (Lipinski definition) is 6. The smallest absolute Gasteiger partial charge is 0.408 e. The van der Waals surface area contributed by atoms with Crippen LogP contribution < -0.4 is 15.4 Å². The first-order valence-electron chi connectivity index (χ1n) is 10.9. The Bertz CT molecular complexity index is 891. The standard InChI is InChI=1S/C25H32N2O5S/c1-18(2)13-22(27-25(30)32-15-19-9-5-4-6-10-19)24(29)26-21(14-28)17-33-16-20-11-7-8-12-23(20)31-3/h4-12,14,18,21-22H,13,15-17H2,1-3H3,(H,26,29)(H,27,30)/t21?,22-/m1/s1. The minimum Gasteiger partial charge on any atom is -0.496 e. The van der Waals surface area contributed by atoms with E-state index in [1.807, 2.05) is 68.4 Å². The molecule has 2 atom stereocenters. The summed E-state index contributed by atoms with van der Waals surface area (Å²) in [6.07, 6.45) is 0.465. The second kappa shape index (κ2) is 14.2. The summed E-state index contributed by atoms with van der Waals surface area (Å²) in [5.74, 6) is 1.58. The number of alkyl carbamates (subject to hydrolysis) is 1. The van der Waals surface area contributed by atoms with E-state index in [1.165, 1.54) is 11.8 Å². The Morgan fingerprint density at radius 1 is 1.03 bits per heavy atom. The predicted molar refractivity (Wildman–Crippen MR) is 130 cm³/mol. The minimum atomic E-state index is -0.796. The monoisotopic (exact) mass is 472 g/mol. The molecule has 0 aliphatic heterocycles. The molecule has 0 heterocycles. The molecule has 178 valence electrons. The highest BCUT2D eigenvalue weighted by Gasteiger charge is 2.25. The van der Waals surface area contributed by atoms with Gasteiger partial charge in [-0.2, -0.15) is 11.8 Å². The number of rotatable bonds is 13. The maximum atomic E-state index is 12.8. The number of benzene rings is 2. The van der Waals surface area contributed by atoms with E-state index in [-0.39, 0.29) is 12.5 Å². The highest BCUT2D eigenvalue weighted by atomic mass is 32.2. The van der Waals surface area contributed by atoms with Crippen LogP contribution in [0.5, 0.6) is 5.75 Å². The summed E-state index contributed by atoms with van der Waals surface area (Å²) < 4.78 is 10.6. The molecule has 0 bridgehead atoms. The van der Waals surface area contributed by atoms with Gasteiger partial charge in [0.1, 0.15) is 24.7 Å². The zero-order chi connectivity index (χ0) is 24.1. The highest BCUT2D eigenvalue weighted by molar-refractivity contribution is 7.98. The SMILES string of the molecule is COc1ccccc1CSCC(C=O)NC(=O)[C@@H](CC(C)C)NC(=O)OCc1ccccc1. The van der Waals surface area contributed by atoms with Crippen LogP contribution >= 0.6 is 11.8 Å². The molecular formula is C25H32N2O5S. The lowest BCUT2D eigenvalue weighted by atomic mass is 10.0. The van der Waals surface area contributed by atoms with Crippen molar-refractivity contribution >= 4 is 30.0 Å². The molecule has 0 aliphatic rings. The Kier molecular flexibility index (Phi) is 11.3. The van der Waals surface area contributed by atoms with E-state index >= 15 is 0 Å². The van der Waals surface area contributed by atoms with Crippen LogP contribution in [0.25, 0.3) is 0 Å². The van der Waals surface area contributed by atoms with Gasteiger partial charge in [-0.05, 0) is 24.0 Å². The van der Waals surface area contributed by atoms with Crippen LogP contribution in [0, 0.1) is 5.92 Å². The van der Waals surface area contributed by atoms with Gasteiger partial charge in [-0.15, -0.1) is 0 Å². The molecule has 7 nitrogen and oxygen atoms in total. The molecule has 2 rings (SSSR count). The molecule has 2 aromatic carbocycles. The number of thioether (sulfide) groups is 1. The minimum absolute atomic E-state index is 0.110. The molecule has 0 saturated heterocycles. The second-order valence-corrected chi connectivity index (χ2v) is 9.00. The van der Waals surface area contributed by atoms with Crippen molar-refractivity contribution in [3.05, 3.63) is 65.7 Å². The largest absolute Gasteiger partial charge is 0.496 e. The van der Waals surface area contributed by atoms with E-state index in [2.05, 4.69) is 10.6 Å². The van der Waals surface area contributed by atoms with Crippen molar-refractivity contribution in [2.45, 2.75) is 44.7 Å². The van der Waals surface area contributed by atoms with Gasteiger partial charge in [-0.25, -0.2) is 4.79 Å². The average Bonchev–Trinajstić information content (AvgIpc) is 2.82. The van der Waals surface area contributed by atoms with E-state index in [1.54, 1.807) is 7.11 Å². The fourth-order valence-electron chi connectivity index (χ4n) is 3.13. The van der Waals surface area contributed by atoms with E-state index in [0.29, 0.717) is 24.2 Å². The summed E-state index contributed by atoms with van der Waals surface area (Å²) >= 11 is 1.52. The van der Waals surface area contributed by atoms with Gasteiger partial charge in [0.2, 0.25) is 5.91 Å². The topological polar surface area (TPSA) is 93.7 Å². The molecule has 0 spiro atoms. The van der Waals surface area contributed by atoms with Crippen LogP contribution in [0.15, 0.2) is 54.6 Å². The zero-order valence-electron chi connectivity index (χ0n) is 19.3.